The van der Waals surface area contributed by atoms with Gasteiger partial charge in [-0.1, -0.05) is 13.8 Å². The Bertz CT molecular complexity index is 2160. The van der Waals surface area contributed by atoms with Crippen LogP contribution in [0.5, 0.6) is 0 Å². The molecule has 1 amide bonds. The molecule has 0 aromatic heterocycles. The molecule has 0 aliphatic carbocycles. The van der Waals surface area contributed by atoms with Crippen molar-refractivity contribution in [2.75, 3.05) is 146 Å². The smallest absolute Gasteiger partial charge is 0.324 e. The second-order valence-corrected chi connectivity index (χ2v) is 34.1. The molecule has 0 radical (unpaired) electrons. The van der Waals surface area contributed by atoms with Gasteiger partial charge in [0.2, 0.25) is 5.91 Å². The maximum atomic E-state index is 11.7. The number of hydrogen-bond donors (Lipinski definition) is 14. The molecule has 0 aromatic rings. The van der Waals surface area contributed by atoms with Crippen molar-refractivity contribution < 1.29 is 154 Å². The summed E-state index contributed by atoms with van der Waals surface area (Å²) in [5.74, 6) is -1.59. The number of rotatable bonds is 55. The first-order valence-corrected chi connectivity index (χ1v) is 41.6. The molecule has 3 fully saturated rings. The molecule has 3 aliphatic heterocycles. The van der Waals surface area contributed by atoms with Crippen LogP contribution in [0.15, 0.2) is 0 Å². The third kappa shape index (κ3) is 35.3. The molecule has 20 atom stereocenters. The molecule has 3 saturated heterocycles. The predicted octanol–water partition coefficient (Wildman–Crippen LogP) is 0.104. The molecule has 33 nitrogen and oxygen atoms in total. The highest BCUT2D eigenvalue weighted by molar-refractivity contribution is 8.08. The van der Waals surface area contributed by atoms with E-state index in [4.69, 9.17) is 131 Å². The Hall–Kier alpha value is 0.830. The summed E-state index contributed by atoms with van der Waals surface area (Å²) in [6.07, 6.45) is -9.36. The van der Waals surface area contributed by atoms with Crippen molar-refractivity contribution in [3.05, 3.63) is 0 Å². The van der Waals surface area contributed by atoms with E-state index in [0.29, 0.717) is 51.4 Å². The standard InChI is InChI=1S/C53H105NO32P4S4/c1-37-44(59)46(61)40(30-55)84-50(37)74-20-6-10-24-78-88(66,92)81-27-13-17-71-34-53(33-70-16-5-9-23-77-87(65,91)69-4,35-72-18-14-28-82-89(67,93)79-25-11-7-21-75-51-38(2)45(60)47(62)41(31-56)85-51)36-73-19-15-29-83-90(68,94)80-26-12-8-22-76-52-43(54-39(3)58)49(64)48(63)42(32-57)86-52/h37-38,40-52,55-57,59-64H,5-36H2,1-4H3,(H,54,58)(H,65,91)(H,66,92)(H,67,93)(H,68,94)/t37-,38?,40?,41?,42?,43?,44?,45+,46-,47-,48-,49+,50+,51+,52+,53?,87?,88?,89?,90?/m0/s1. The number of aliphatic hydroxyl groups excluding tert-OH is 9. The van der Waals surface area contributed by atoms with Crippen LogP contribution in [0.3, 0.4) is 0 Å². The summed E-state index contributed by atoms with van der Waals surface area (Å²) in [6, 6.07) is -1.10. The highest BCUT2D eigenvalue weighted by atomic mass is 32.5. The van der Waals surface area contributed by atoms with Crippen LogP contribution in [-0.4, -0.2) is 297 Å². The van der Waals surface area contributed by atoms with Crippen LogP contribution in [-0.2, 0) is 136 Å². The number of ether oxygens (including phenoxy) is 10. The van der Waals surface area contributed by atoms with Crippen LogP contribution in [0.4, 0.5) is 0 Å². The van der Waals surface area contributed by atoms with Crippen LogP contribution in [0.1, 0.15) is 91.4 Å². The van der Waals surface area contributed by atoms with Gasteiger partial charge in [-0.25, -0.2) is 0 Å². The van der Waals surface area contributed by atoms with Gasteiger partial charge in [0.1, 0.15) is 48.8 Å². The van der Waals surface area contributed by atoms with E-state index in [1.807, 2.05) is 0 Å². The van der Waals surface area contributed by atoms with Gasteiger partial charge in [0.25, 0.3) is 0 Å². The van der Waals surface area contributed by atoms with Gasteiger partial charge in [0.15, 0.2) is 18.9 Å². The van der Waals surface area contributed by atoms with Gasteiger partial charge in [-0.15, -0.1) is 0 Å². The van der Waals surface area contributed by atoms with E-state index >= 15 is 0 Å². The van der Waals surface area contributed by atoms with Gasteiger partial charge in [0.05, 0.1) is 110 Å². The Morgan fingerprint density at radius 1 is 0.404 bits per heavy atom. The monoisotopic (exact) mass is 1520 g/mol. The molecule has 3 aliphatic rings. The molecule has 94 heavy (non-hydrogen) atoms. The Balaban J connectivity index is 1.55. The Labute approximate surface area is 570 Å². The molecule has 0 spiro atoms. The summed E-state index contributed by atoms with van der Waals surface area (Å²) in [7, 11) is 1.26. The second kappa shape index (κ2) is 48.0. The van der Waals surface area contributed by atoms with Gasteiger partial charge in [0, 0.05) is 72.1 Å². The summed E-state index contributed by atoms with van der Waals surface area (Å²) in [6.45, 7) is -10.1. The van der Waals surface area contributed by atoms with Crippen molar-refractivity contribution in [1.29, 1.82) is 0 Å². The lowest BCUT2D eigenvalue weighted by Gasteiger charge is -2.42. The van der Waals surface area contributed by atoms with Crippen molar-refractivity contribution in [3.8, 4) is 0 Å². The number of unbranched alkanes of at least 4 members (excludes halogenated alkanes) is 4. The fourth-order valence-corrected chi connectivity index (χ4v) is 13.7. The minimum Gasteiger partial charge on any atom is -0.394 e. The minimum atomic E-state index is -3.70. The Kier molecular flexibility index (Phi) is 45.4. The lowest BCUT2D eigenvalue weighted by Crippen LogP contribution is -2.64. The van der Waals surface area contributed by atoms with E-state index in [1.54, 1.807) is 13.8 Å². The van der Waals surface area contributed by atoms with Gasteiger partial charge >= 0.3 is 26.9 Å². The molecule has 0 bridgehead atoms. The maximum absolute atomic E-state index is 11.7. The van der Waals surface area contributed by atoms with Crippen molar-refractivity contribution in [1.82, 2.24) is 5.32 Å². The largest absolute Gasteiger partial charge is 0.394 e. The lowest BCUT2D eigenvalue weighted by atomic mass is 9.92. The van der Waals surface area contributed by atoms with E-state index in [0.717, 1.165) is 0 Å². The number of nitrogens with one attached hydrogen (secondary N) is 1. The third-order valence-corrected chi connectivity index (χ3v) is 21.4. The molecular formula is C53H105NO32P4S4. The second-order valence-electron chi connectivity index (χ2n) is 22.7. The van der Waals surface area contributed by atoms with Crippen molar-refractivity contribution in [2.24, 2.45) is 17.3 Å². The van der Waals surface area contributed by atoms with Crippen LogP contribution in [0.25, 0.3) is 0 Å². The Morgan fingerprint density at radius 2 is 0.670 bits per heavy atom. The van der Waals surface area contributed by atoms with E-state index < -0.39 is 150 Å². The molecule has 3 rings (SSSR count). The third-order valence-electron chi connectivity index (χ3n) is 14.7. The zero-order chi connectivity index (χ0) is 69.8. The van der Waals surface area contributed by atoms with Crippen molar-refractivity contribution in [3.63, 3.8) is 0 Å². The number of carbonyl (C=O) groups is 1. The normalized spacial score (nSPS) is 30.0. The molecule has 558 valence electrons. The van der Waals surface area contributed by atoms with E-state index in [1.165, 1.54) is 14.0 Å². The van der Waals surface area contributed by atoms with Crippen molar-refractivity contribution in [2.45, 2.75) is 171 Å². The molecule has 11 unspecified atom stereocenters. The van der Waals surface area contributed by atoms with Crippen LogP contribution in [0.2, 0.25) is 0 Å². The SMILES string of the molecule is COP(O)(=S)OCCCCOCC(COCCCOP(O)(=S)OCCCCO[C@@H]1OC(CO)[C@H](O)[C@H](O)C1C)(COCCCOP(O)(=S)OCCCCO[C@@H]1OC(CO)[C@H](O)[C@H](O)C1NC(C)=O)COCCCOP(O)(=S)OCCCCO[C@@H]1OC(CO)[C@H](O)C(O)[C@@H]1C. The highest BCUT2D eigenvalue weighted by Gasteiger charge is 2.46. The zero-order valence-corrected chi connectivity index (χ0v) is 60.6. The zero-order valence-electron chi connectivity index (χ0n) is 53.8. The molecular weight excluding hydrogens is 1410 g/mol. The first kappa shape index (κ1) is 89.0. The van der Waals surface area contributed by atoms with Gasteiger partial charge in [-0.3, -0.25) is 4.79 Å². The summed E-state index contributed by atoms with van der Waals surface area (Å²) >= 11 is 20.6. The first-order valence-electron chi connectivity index (χ1n) is 31.3. The van der Waals surface area contributed by atoms with E-state index in [9.17, 15) is 70.3 Å². The number of aliphatic hydroxyl groups is 9. The molecule has 0 saturated carbocycles. The van der Waals surface area contributed by atoms with Crippen LogP contribution >= 0.6 is 26.9 Å². The maximum Gasteiger partial charge on any atom is 0.324 e. The summed E-state index contributed by atoms with van der Waals surface area (Å²) in [5, 5.41) is 92.6. The first-order chi connectivity index (χ1) is 44.6. The van der Waals surface area contributed by atoms with E-state index in [-0.39, 0.29) is 138 Å². The molecule has 3 heterocycles. The van der Waals surface area contributed by atoms with Crippen LogP contribution in [0, 0.1) is 17.3 Å². The summed E-state index contributed by atoms with van der Waals surface area (Å²) < 4.78 is 102. The van der Waals surface area contributed by atoms with E-state index in [2.05, 4.69) is 5.32 Å². The number of hydrogen-bond acceptors (Lipinski definition) is 32. The molecule has 0 aromatic carbocycles. The van der Waals surface area contributed by atoms with Gasteiger partial charge in [-0.2, -0.15) is 0 Å². The average Bonchev–Trinajstić information content (AvgIpc) is 0.842. The van der Waals surface area contributed by atoms with Gasteiger partial charge < -0.3 is 154 Å². The summed E-state index contributed by atoms with van der Waals surface area (Å²) in [4.78, 5) is 54.0. The molecule has 41 heteroatoms. The highest BCUT2D eigenvalue weighted by Crippen LogP contribution is 2.46. The topological polar surface area (TPSA) is 458 Å². The number of amides is 1. The average molecular weight is 1520 g/mol. The Morgan fingerprint density at radius 3 is 0.989 bits per heavy atom. The lowest BCUT2D eigenvalue weighted by molar-refractivity contribution is -0.282. The predicted molar refractivity (Wildman–Crippen MR) is 348 cm³/mol. The fraction of sp³-hybridized carbons (Fsp3) is 0.981. The summed E-state index contributed by atoms with van der Waals surface area (Å²) in [5.41, 5.74) is -0.974. The van der Waals surface area contributed by atoms with Gasteiger partial charge in [-0.05, 0) is 118 Å². The fourth-order valence-electron chi connectivity index (χ4n) is 9.26. The van der Waals surface area contributed by atoms with Crippen molar-refractivity contribution >= 4 is 80.0 Å². The minimum absolute atomic E-state index is 0.00622. The van der Waals surface area contributed by atoms with Crippen LogP contribution < -0.4 is 5.32 Å². The quantitative estimate of drug-likeness (QED) is 0.0284. The molecule has 14 N–H and O–H groups in total. The number of carbonyl (C=O) groups excluding carboxylic acids is 1.